The van der Waals surface area contributed by atoms with Gasteiger partial charge in [-0.1, -0.05) is 39.8 Å². The quantitative estimate of drug-likeness (QED) is 0.500. The molecule has 1 aromatic heterocycles. The molecule has 2 aromatic carbocycles. The van der Waals surface area contributed by atoms with Crippen molar-refractivity contribution in [3.05, 3.63) is 64.7 Å². The number of amides is 1. The van der Waals surface area contributed by atoms with E-state index in [9.17, 15) is 9.59 Å². The third kappa shape index (κ3) is 5.01. The van der Waals surface area contributed by atoms with E-state index < -0.39 is 0 Å². The molecule has 1 unspecified atom stereocenters. The summed E-state index contributed by atoms with van der Waals surface area (Å²) in [5, 5.41) is 0.545. The number of para-hydroxylation sites is 1. The van der Waals surface area contributed by atoms with Crippen molar-refractivity contribution >= 4 is 16.8 Å². The van der Waals surface area contributed by atoms with Gasteiger partial charge in [-0.3, -0.25) is 14.2 Å². The zero-order valence-electron chi connectivity index (χ0n) is 19.8. The molecule has 0 spiro atoms. The van der Waals surface area contributed by atoms with Crippen molar-refractivity contribution in [3.63, 3.8) is 0 Å². The molecule has 0 aliphatic heterocycles. The fourth-order valence-corrected chi connectivity index (χ4v) is 3.89. The molecule has 170 valence electrons. The first-order chi connectivity index (χ1) is 15.2. The number of ether oxygens (including phenoxy) is 1. The van der Waals surface area contributed by atoms with Gasteiger partial charge in [-0.25, -0.2) is 4.98 Å². The summed E-state index contributed by atoms with van der Waals surface area (Å²) in [5.41, 5.74) is 1.17. The van der Waals surface area contributed by atoms with E-state index in [0.29, 0.717) is 41.1 Å². The lowest BCUT2D eigenvalue weighted by atomic mass is 10.1. The Hall–Kier alpha value is -3.15. The molecular formula is C26H33N3O3. The second-order valence-corrected chi connectivity index (χ2v) is 9.04. The van der Waals surface area contributed by atoms with Gasteiger partial charge in [0.25, 0.3) is 5.56 Å². The molecule has 0 saturated heterocycles. The van der Waals surface area contributed by atoms with Gasteiger partial charge in [0.15, 0.2) is 0 Å². The van der Waals surface area contributed by atoms with Crippen molar-refractivity contribution in [1.82, 2.24) is 14.5 Å². The summed E-state index contributed by atoms with van der Waals surface area (Å²) in [6, 6.07) is 14.3. The Bertz CT molecular complexity index is 1130. The fourth-order valence-electron chi connectivity index (χ4n) is 3.89. The highest BCUT2D eigenvalue weighted by molar-refractivity contribution is 5.79. The number of aromatic nitrogens is 2. The number of nitrogens with zero attached hydrogens (tertiary/aromatic N) is 3. The van der Waals surface area contributed by atoms with E-state index in [1.807, 2.05) is 68.1 Å². The molecule has 3 rings (SSSR count). The zero-order chi connectivity index (χ0) is 23.4. The van der Waals surface area contributed by atoms with E-state index in [1.165, 1.54) is 0 Å². The third-order valence-electron chi connectivity index (χ3n) is 5.44. The molecule has 32 heavy (non-hydrogen) atoms. The van der Waals surface area contributed by atoms with Gasteiger partial charge in [0.2, 0.25) is 5.91 Å². The number of hydrogen-bond donors (Lipinski definition) is 0. The minimum Gasteiger partial charge on any atom is -0.497 e. The van der Waals surface area contributed by atoms with Crippen LogP contribution in [0.25, 0.3) is 16.6 Å². The summed E-state index contributed by atoms with van der Waals surface area (Å²) in [6.45, 7) is 10.8. The number of hydrogen-bond acceptors (Lipinski definition) is 4. The molecule has 0 N–H and O–H groups in total. The zero-order valence-corrected chi connectivity index (χ0v) is 19.8. The Kier molecular flexibility index (Phi) is 7.33. The maximum absolute atomic E-state index is 13.6. The molecule has 6 heteroatoms. The second kappa shape index (κ2) is 9.98. The van der Waals surface area contributed by atoms with Crippen molar-refractivity contribution in [2.45, 2.75) is 47.1 Å². The first-order valence-corrected chi connectivity index (χ1v) is 11.2. The summed E-state index contributed by atoms with van der Waals surface area (Å²) >= 11 is 0. The fraction of sp³-hybridized carbons (Fsp3) is 0.423. The number of fused-ring (bicyclic) bond motifs is 1. The monoisotopic (exact) mass is 435 g/mol. The predicted molar refractivity (Wildman–Crippen MR) is 128 cm³/mol. The van der Waals surface area contributed by atoms with Crippen LogP contribution in [-0.4, -0.2) is 34.0 Å². The number of carbonyl (C=O) groups is 1. The molecule has 0 aliphatic carbocycles. The molecule has 6 nitrogen and oxygen atoms in total. The highest BCUT2D eigenvalue weighted by atomic mass is 16.5. The minimum atomic E-state index is -0.372. The number of carbonyl (C=O) groups excluding carboxylic acids is 1. The van der Waals surface area contributed by atoms with Gasteiger partial charge in [0.05, 0.1) is 29.7 Å². The lowest BCUT2D eigenvalue weighted by molar-refractivity contribution is -0.135. The predicted octanol–water partition coefficient (Wildman–Crippen LogP) is 4.99. The van der Waals surface area contributed by atoms with Gasteiger partial charge < -0.3 is 9.64 Å². The first kappa shape index (κ1) is 23.5. The number of methoxy groups -OCH3 is 1. The molecule has 3 aromatic rings. The highest BCUT2D eigenvalue weighted by Crippen LogP contribution is 2.26. The lowest BCUT2D eigenvalue weighted by Gasteiger charge is -2.32. The van der Waals surface area contributed by atoms with Crippen LogP contribution in [0.2, 0.25) is 0 Å². The van der Waals surface area contributed by atoms with E-state index in [1.54, 1.807) is 17.7 Å². The Balaban J connectivity index is 2.21. The number of rotatable bonds is 8. The van der Waals surface area contributed by atoms with Gasteiger partial charge in [0.1, 0.15) is 11.6 Å². The second-order valence-electron chi connectivity index (χ2n) is 9.04. The Labute approximate surface area is 189 Å². The van der Waals surface area contributed by atoms with Crippen molar-refractivity contribution < 1.29 is 9.53 Å². The van der Waals surface area contributed by atoms with E-state index in [4.69, 9.17) is 9.72 Å². The Morgan fingerprint density at radius 1 is 1.00 bits per heavy atom. The highest BCUT2D eigenvalue weighted by Gasteiger charge is 2.27. The van der Waals surface area contributed by atoms with E-state index >= 15 is 0 Å². The van der Waals surface area contributed by atoms with Gasteiger partial charge in [-0.2, -0.15) is 0 Å². The van der Waals surface area contributed by atoms with Crippen LogP contribution < -0.4 is 10.3 Å². The van der Waals surface area contributed by atoms with Crippen LogP contribution in [0.5, 0.6) is 5.75 Å². The molecule has 0 bridgehead atoms. The van der Waals surface area contributed by atoms with Crippen LogP contribution in [0.3, 0.4) is 0 Å². The summed E-state index contributed by atoms with van der Waals surface area (Å²) in [5.74, 6) is 1.87. The van der Waals surface area contributed by atoms with Gasteiger partial charge >= 0.3 is 0 Å². The van der Waals surface area contributed by atoms with E-state index in [2.05, 4.69) is 13.8 Å². The smallest absolute Gasteiger partial charge is 0.266 e. The van der Waals surface area contributed by atoms with Crippen molar-refractivity contribution in [1.29, 1.82) is 0 Å². The Morgan fingerprint density at radius 2 is 1.66 bits per heavy atom. The van der Waals surface area contributed by atoms with Crippen LogP contribution in [0.1, 0.15) is 52.9 Å². The van der Waals surface area contributed by atoms with Crippen LogP contribution >= 0.6 is 0 Å². The summed E-state index contributed by atoms with van der Waals surface area (Å²) < 4.78 is 6.91. The van der Waals surface area contributed by atoms with Crippen LogP contribution in [0, 0.1) is 11.8 Å². The molecule has 0 aliphatic rings. The van der Waals surface area contributed by atoms with E-state index in [-0.39, 0.29) is 29.3 Å². The molecule has 0 fully saturated rings. The lowest BCUT2D eigenvalue weighted by Crippen LogP contribution is -2.40. The first-order valence-electron chi connectivity index (χ1n) is 11.2. The molecule has 1 atom stereocenters. The normalized spacial score (nSPS) is 12.4. The maximum Gasteiger partial charge on any atom is 0.266 e. The van der Waals surface area contributed by atoms with Gasteiger partial charge in [-0.15, -0.1) is 0 Å². The van der Waals surface area contributed by atoms with E-state index in [0.717, 1.165) is 0 Å². The molecular weight excluding hydrogens is 402 g/mol. The largest absolute Gasteiger partial charge is 0.497 e. The van der Waals surface area contributed by atoms with Crippen molar-refractivity contribution in [3.8, 4) is 11.4 Å². The van der Waals surface area contributed by atoms with Gasteiger partial charge in [-0.05, 0) is 55.2 Å². The average molecular weight is 436 g/mol. The molecule has 1 heterocycles. The third-order valence-corrected chi connectivity index (χ3v) is 5.44. The van der Waals surface area contributed by atoms with Gasteiger partial charge in [0, 0.05) is 13.0 Å². The average Bonchev–Trinajstić information content (AvgIpc) is 2.76. The topological polar surface area (TPSA) is 64.4 Å². The maximum atomic E-state index is 13.6. The van der Waals surface area contributed by atoms with Crippen molar-refractivity contribution in [2.24, 2.45) is 11.8 Å². The molecule has 0 saturated carbocycles. The van der Waals surface area contributed by atoms with Crippen molar-refractivity contribution in [2.75, 3.05) is 13.7 Å². The van der Waals surface area contributed by atoms with Crippen LogP contribution in [0.15, 0.2) is 53.3 Å². The summed E-state index contributed by atoms with van der Waals surface area (Å²) in [7, 11) is 1.61. The summed E-state index contributed by atoms with van der Waals surface area (Å²) in [6.07, 6.45) is 0.456. The number of benzene rings is 2. The summed E-state index contributed by atoms with van der Waals surface area (Å²) in [4.78, 5) is 33.5. The standard InChI is InChI=1S/C26H33N3O3/c1-17(2)15-24(30)28(16-18(3)4)19(5)25-27-23-10-8-7-9-22(23)26(31)29(25)20-11-13-21(32-6)14-12-20/h7-14,17-19H,15-16H2,1-6H3. The Morgan fingerprint density at radius 3 is 2.25 bits per heavy atom. The molecule has 1 amide bonds. The van der Waals surface area contributed by atoms with Crippen LogP contribution in [-0.2, 0) is 4.79 Å². The minimum absolute atomic E-state index is 0.0740. The molecule has 0 radical (unpaired) electrons. The SMILES string of the molecule is COc1ccc(-n2c(C(C)N(CC(C)C)C(=O)CC(C)C)nc3ccccc3c2=O)cc1. The van der Waals surface area contributed by atoms with Crippen LogP contribution in [0.4, 0.5) is 0 Å².